The highest BCUT2D eigenvalue weighted by atomic mass is 35.5. The lowest BCUT2D eigenvalue weighted by Crippen LogP contribution is -2.00. The Hall–Kier alpha value is -2.99. The molecule has 1 aromatic heterocycles. The summed E-state index contributed by atoms with van der Waals surface area (Å²) in [5.41, 5.74) is 2.89. The molecule has 37 heavy (non-hydrogen) atoms. The van der Waals surface area contributed by atoms with Gasteiger partial charge in [0.05, 0.1) is 23.9 Å². The number of carboxylic acids is 1. The molecule has 0 amide bonds. The van der Waals surface area contributed by atoms with Crippen molar-refractivity contribution in [2.75, 3.05) is 0 Å². The molecule has 0 unspecified atom stereocenters. The van der Waals surface area contributed by atoms with Gasteiger partial charge in [0, 0.05) is 16.5 Å². The fraction of sp³-hybridized carbons (Fsp3) is 0.241. The van der Waals surface area contributed by atoms with E-state index in [1.54, 1.807) is 48.5 Å². The van der Waals surface area contributed by atoms with Crippen LogP contribution in [0.2, 0.25) is 15.1 Å². The average Bonchev–Trinajstić information content (AvgIpc) is 3.82. The third kappa shape index (κ3) is 4.84. The first kappa shape index (κ1) is 22.0. The summed E-state index contributed by atoms with van der Waals surface area (Å²) in [5.74, 6) is 0.0806. The van der Waals surface area contributed by atoms with Gasteiger partial charge in [-0.15, -0.1) is 0 Å². The molecule has 1 N–H and O–H groups in total. The minimum atomic E-state index is -2.32. The quantitative estimate of drug-likeness (QED) is 0.235. The zero-order valence-corrected chi connectivity index (χ0v) is 21.6. The number of carboxylic acid groups (broad SMARTS) is 1. The Labute approximate surface area is 231 Å². The summed E-state index contributed by atoms with van der Waals surface area (Å²) >= 11 is 19.5. The highest BCUT2D eigenvalue weighted by Crippen LogP contribution is 2.56. The Balaban J connectivity index is 1.28. The molecular weight excluding hydrogens is 533 g/mol. The van der Waals surface area contributed by atoms with Gasteiger partial charge in [-0.2, -0.15) is 0 Å². The van der Waals surface area contributed by atoms with Gasteiger partial charge < -0.3 is 14.4 Å². The maximum absolute atomic E-state index is 11.3. The highest BCUT2D eigenvalue weighted by Gasteiger charge is 2.41. The predicted octanol–water partition coefficient (Wildman–Crippen LogP) is 8.73. The van der Waals surface area contributed by atoms with E-state index in [-0.39, 0.29) is 40.3 Å². The number of rotatable bonds is 8. The molecule has 188 valence electrons. The molecular formula is C29H22Cl3NO4. The Morgan fingerprint density at radius 3 is 2.49 bits per heavy atom. The van der Waals surface area contributed by atoms with Crippen molar-refractivity contribution in [1.82, 2.24) is 5.16 Å². The molecule has 1 heterocycles. The Morgan fingerprint density at radius 1 is 1.03 bits per heavy atom. The number of aromatic carboxylic acids is 1. The minimum absolute atomic E-state index is 0.0542. The zero-order valence-electron chi connectivity index (χ0n) is 21.4. The molecule has 2 atom stereocenters. The molecule has 6 rings (SSSR count). The van der Waals surface area contributed by atoms with Gasteiger partial charge in [0.15, 0.2) is 0 Å². The largest absolute Gasteiger partial charge is 0.489 e. The molecule has 3 aromatic carbocycles. The van der Waals surface area contributed by atoms with Crippen molar-refractivity contribution in [3.63, 3.8) is 0 Å². The van der Waals surface area contributed by atoms with Crippen molar-refractivity contribution in [2.24, 2.45) is 0 Å². The van der Waals surface area contributed by atoms with Crippen LogP contribution in [-0.4, -0.2) is 16.2 Å². The lowest BCUT2D eigenvalue weighted by atomic mass is 10.0. The number of halogens is 3. The van der Waals surface area contributed by atoms with E-state index in [0.29, 0.717) is 26.4 Å². The minimum Gasteiger partial charge on any atom is -0.489 e. The number of carbonyl (C=O) groups is 1. The zero-order chi connectivity index (χ0) is 27.5. The molecule has 2 fully saturated rings. The Kier molecular flexibility index (Phi) is 5.78. The van der Waals surface area contributed by atoms with Gasteiger partial charge >= 0.3 is 5.97 Å². The van der Waals surface area contributed by atoms with E-state index >= 15 is 0 Å². The lowest BCUT2D eigenvalue weighted by Gasteiger charge is -2.11. The number of hydrogen-bond donors (Lipinski definition) is 1. The summed E-state index contributed by atoms with van der Waals surface area (Å²) < 4.78 is 29.3. The van der Waals surface area contributed by atoms with Gasteiger partial charge in [-0.25, -0.2) is 4.79 Å². The van der Waals surface area contributed by atoms with Gasteiger partial charge in [-0.3, -0.25) is 0 Å². The van der Waals surface area contributed by atoms with Crippen LogP contribution >= 0.6 is 34.8 Å². The second kappa shape index (κ2) is 9.71. The van der Waals surface area contributed by atoms with Gasteiger partial charge in [0.2, 0.25) is 0 Å². The highest BCUT2D eigenvalue weighted by molar-refractivity contribution is 6.39. The van der Waals surface area contributed by atoms with Crippen LogP contribution in [0.1, 0.15) is 72.6 Å². The van der Waals surface area contributed by atoms with Crippen LogP contribution in [0.5, 0.6) is 5.75 Å². The third-order valence-electron chi connectivity index (χ3n) is 6.86. The maximum atomic E-state index is 11.3. The van der Waals surface area contributed by atoms with E-state index in [2.05, 4.69) is 5.16 Å². The SMILES string of the molecule is [2H]C([2H])(Oc1ccc([C@H]2C[C@H]2c2cccc(C(=O)O)c2)c(Cl)c1)c1c(-c2c(Cl)cccc2Cl)noc1C1CC1. The molecule has 0 saturated heterocycles. The third-order valence-corrected chi connectivity index (χ3v) is 7.82. The molecule has 5 nitrogen and oxygen atoms in total. The average molecular weight is 557 g/mol. The fourth-order valence-corrected chi connectivity index (χ4v) is 5.60. The van der Waals surface area contributed by atoms with Crippen LogP contribution < -0.4 is 4.74 Å². The lowest BCUT2D eigenvalue weighted by molar-refractivity contribution is 0.0696. The Morgan fingerprint density at radius 2 is 1.78 bits per heavy atom. The number of hydrogen-bond acceptors (Lipinski definition) is 4. The first-order chi connectivity index (χ1) is 18.6. The van der Waals surface area contributed by atoms with Gasteiger partial charge in [-0.05, 0) is 78.6 Å². The van der Waals surface area contributed by atoms with Crippen molar-refractivity contribution in [2.45, 2.75) is 43.6 Å². The number of aromatic nitrogens is 1. The monoisotopic (exact) mass is 555 g/mol. The molecule has 0 radical (unpaired) electrons. The number of nitrogens with zero attached hydrogens (tertiary/aromatic N) is 1. The molecule has 2 saturated carbocycles. The fourth-order valence-electron chi connectivity index (χ4n) is 4.71. The molecule has 0 spiro atoms. The first-order valence-corrected chi connectivity index (χ1v) is 13.0. The summed E-state index contributed by atoms with van der Waals surface area (Å²) in [5, 5.41) is 14.6. The molecule has 8 heteroatoms. The summed E-state index contributed by atoms with van der Waals surface area (Å²) in [6, 6.07) is 17.1. The van der Waals surface area contributed by atoms with E-state index < -0.39 is 12.5 Å². The van der Waals surface area contributed by atoms with Gasteiger partial charge in [0.1, 0.15) is 23.8 Å². The van der Waals surface area contributed by atoms with E-state index in [9.17, 15) is 9.90 Å². The van der Waals surface area contributed by atoms with Crippen molar-refractivity contribution in [3.05, 3.63) is 104 Å². The van der Waals surface area contributed by atoms with E-state index in [4.69, 9.17) is 46.8 Å². The Bertz CT molecular complexity index is 1580. The van der Waals surface area contributed by atoms with Gasteiger partial charge in [0.25, 0.3) is 0 Å². The predicted molar refractivity (Wildman–Crippen MR) is 143 cm³/mol. The molecule has 2 aliphatic rings. The number of benzene rings is 3. The van der Waals surface area contributed by atoms with E-state index in [1.807, 2.05) is 12.1 Å². The smallest absolute Gasteiger partial charge is 0.335 e. The van der Waals surface area contributed by atoms with Crippen LogP contribution in [-0.2, 0) is 6.56 Å². The number of ether oxygens (including phenoxy) is 1. The van der Waals surface area contributed by atoms with Crippen LogP contribution in [0.25, 0.3) is 11.3 Å². The molecule has 0 bridgehead atoms. The second-order valence-corrected chi connectivity index (χ2v) is 10.6. The topological polar surface area (TPSA) is 72.6 Å². The van der Waals surface area contributed by atoms with Gasteiger partial charge in [-0.1, -0.05) is 64.2 Å². The van der Waals surface area contributed by atoms with Crippen LogP contribution in [0.3, 0.4) is 0 Å². The van der Waals surface area contributed by atoms with Crippen LogP contribution in [0, 0.1) is 0 Å². The van der Waals surface area contributed by atoms with Crippen molar-refractivity contribution < 1.29 is 21.9 Å². The molecule has 4 aromatic rings. The van der Waals surface area contributed by atoms with E-state index in [0.717, 1.165) is 30.4 Å². The van der Waals surface area contributed by atoms with Crippen molar-refractivity contribution in [3.8, 4) is 17.0 Å². The first-order valence-electron chi connectivity index (χ1n) is 12.9. The summed E-state index contributed by atoms with van der Waals surface area (Å²) in [6.07, 6.45) is 2.58. The maximum Gasteiger partial charge on any atom is 0.335 e. The van der Waals surface area contributed by atoms with Crippen LogP contribution in [0.4, 0.5) is 0 Å². The van der Waals surface area contributed by atoms with Crippen molar-refractivity contribution in [1.29, 1.82) is 0 Å². The standard InChI is InChI=1S/C29H22Cl3NO4/c30-23-5-2-6-24(31)26(23)27-22(28(37-33-27)15-7-8-15)14-36-18-9-10-19(25(32)12-18)21-13-20(21)16-3-1-4-17(11-16)29(34)35/h1-6,9-12,15,20-21H,7-8,13-14H2,(H,34,35)/t20-,21+/m0/s1/i14D2. The summed E-state index contributed by atoms with van der Waals surface area (Å²) in [7, 11) is 0. The van der Waals surface area contributed by atoms with E-state index in [1.165, 1.54) is 0 Å². The summed E-state index contributed by atoms with van der Waals surface area (Å²) in [6.45, 7) is -2.32. The normalized spacial score (nSPS) is 19.8. The second-order valence-electron chi connectivity index (χ2n) is 9.41. The van der Waals surface area contributed by atoms with Crippen LogP contribution in [0.15, 0.2) is 65.2 Å². The van der Waals surface area contributed by atoms with Crippen molar-refractivity contribution >= 4 is 40.8 Å². The summed E-state index contributed by atoms with van der Waals surface area (Å²) in [4.78, 5) is 11.3. The molecule has 0 aliphatic heterocycles. The molecule has 2 aliphatic carbocycles.